The molecule has 0 aliphatic heterocycles. The lowest BCUT2D eigenvalue weighted by atomic mass is 10.0. The maximum absolute atomic E-state index is 13.2. The smallest absolute Gasteiger partial charge is 0.356 e. The number of alkyl halides is 3. The zero-order valence-electron chi connectivity index (χ0n) is 13.2. The van der Waals surface area contributed by atoms with Crippen LogP contribution < -0.4 is 5.32 Å². The van der Waals surface area contributed by atoms with Crippen LogP contribution in [0.15, 0.2) is 24.7 Å². The Morgan fingerprint density at radius 2 is 1.88 bits per heavy atom. The fourth-order valence-electron chi connectivity index (χ4n) is 2.14. The van der Waals surface area contributed by atoms with Crippen molar-refractivity contribution in [3.05, 3.63) is 30.4 Å². The molecule has 0 amide bonds. The Labute approximate surface area is 135 Å². The summed E-state index contributed by atoms with van der Waals surface area (Å²) in [6.45, 7) is 3.90. The molecule has 0 radical (unpaired) electrons. The van der Waals surface area contributed by atoms with Crippen molar-refractivity contribution in [1.82, 2.24) is 25.1 Å². The van der Waals surface area contributed by atoms with Gasteiger partial charge in [-0.15, -0.1) is 0 Å². The third-order valence-corrected chi connectivity index (χ3v) is 3.71. The highest BCUT2D eigenvalue weighted by molar-refractivity contribution is 5.90. The van der Waals surface area contributed by atoms with Crippen LogP contribution in [0.2, 0.25) is 0 Å². The highest BCUT2D eigenvalue weighted by Gasteiger charge is 2.47. The van der Waals surface area contributed by atoms with Gasteiger partial charge < -0.3 is 5.32 Å². The molecule has 0 saturated heterocycles. The number of hydrogen-bond acceptors (Lipinski definition) is 5. The summed E-state index contributed by atoms with van der Waals surface area (Å²) in [7, 11) is 0. The van der Waals surface area contributed by atoms with Crippen LogP contribution in [0.5, 0.6) is 0 Å². The van der Waals surface area contributed by atoms with Gasteiger partial charge in [-0.25, -0.2) is 9.97 Å². The Balaban J connectivity index is 2.17. The zero-order valence-corrected chi connectivity index (χ0v) is 13.2. The number of H-pyrrole nitrogens is 1. The second-order valence-electron chi connectivity index (χ2n) is 5.95. The van der Waals surface area contributed by atoms with Gasteiger partial charge in [0.1, 0.15) is 11.4 Å². The van der Waals surface area contributed by atoms with Crippen molar-refractivity contribution in [1.29, 1.82) is 0 Å². The molecule has 0 fully saturated rings. The Morgan fingerprint density at radius 1 is 1.12 bits per heavy atom. The summed E-state index contributed by atoms with van der Waals surface area (Å²) in [4.78, 5) is 12.6. The molecule has 0 aliphatic carbocycles. The average molecular weight is 336 g/mol. The van der Waals surface area contributed by atoms with Gasteiger partial charge in [-0.3, -0.25) is 10.1 Å². The van der Waals surface area contributed by atoms with E-state index >= 15 is 0 Å². The number of hydrogen-bond donors (Lipinski definition) is 2. The molecule has 3 aromatic heterocycles. The highest BCUT2D eigenvalue weighted by atomic mass is 19.4. The molecule has 3 heterocycles. The van der Waals surface area contributed by atoms with E-state index in [0.29, 0.717) is 16.5 Å². The Hall–Kier alpha value is -2.71. The average Bonchev–Trinajstić information content (AvgIpc) is 2.92. The number of aromatic nitrogens is 5. The van der Waals surface area contributed by atoms with Crippen LogP contribution in [0.4, 0.5) is 19.0 Å². The molecule has 0 bridgehead atoms. The van der Waals surface area contributed by atoms with Gasteiger partial charge in [-0.2, -0.15) is 18.3 Å². The minimum absolute atomic E-state index is 0.0975. The van der Waals surface area contributed by atoms with Crippen LogP contribution in [0.25, 0.3) is 22.3 Å². The van der Waals surface area contributed by atoms with Crippen LogP contribution >= 0.6 is 0 Å². The van der Waals surface area contributed by atoms with Gasteiger partial charge in [0, 0.05) is 17.3 Å². The van der Waals surface area contributed by atoms with Crippen LogP contribution in [0.3, 0.4) is 0 Å². The van der Waals surface area contributed by atoms with Crippen molar-refractivity contribution < 1.29 is 13.2 Å². The lowest BCUT2D eigenvalue weighted by Gasteiger charge is -2.30. The first-order valence-electron chi connectivity index (χ1n) is 7.16. The Bertz CT molecular complexity index is 884. The molecule has 0 aliphatic rings. The number of fused-ring (bicyclic) bond motifs is 1. The summed E-state index contributed by atoms with van der Waals surface area (Å²) in [6, 6.07) is 1.58. The third kappa shape index (κ3) is 2.77. The SMILES string of the molecule is Cc1[nH]ncc1-c1nc(NC(C)(C)C(F)(F)F)c2ccncc2n1. The van der Waals surface area contributed by atoms with E-state index in [9.17, 15) is 13.2 Å². The number of aromatic amines is 1. The second kappa shape index (κ2) is 5.43. The molecule has 24 heavy (non-hydrogen) atoms. The molecule has 0 atom stereocenters. The highest BCUT2D eigenvalue weighted by Crippen LogP contribution is 2.34. The molecule has 0 aromatic carbocycles. The van der Waals surface area contributed by atoms with E-state index in [2.05, 4.69) is 30.5 Å². The molecule has 3 aromatic rings. The molecule has 126 valence electrons. The second-order valence-corrected chi connectivity index (χ2v) is 5.95. The van der Waals surface area contributed by atoms with Gasteiger partial charge in [0.2, 0.25) is 0 Å². The van der Waals surface area contributed by atoms with E-state index in [1.165, 1.54) is 18.6 Å². The van der Waals surface area contributed by atoms with Crippen molar-refractivity contribution >= 4 is 16.7 Å². The monoisotopic (exact) mass is 336 g/mol. The third-order valence-electron chi connectivity index (χ3n) is 3.71. The molecule has 0 saturated carbocycles. The maximum Gasteiger partial charge on any atom is 0.410 e. The molecule has 6 nitrogen and oxygen atoms in total. The molecule has 9 heteroatoms. The fourth-order valence-corrected chi connectivity index (χ4v) is 2.14. The number of anilines is 1. The number of pyridine rings is 1. The number of nitrogens with one attached hydrogen (secondary N) is 2. The minimum atomic E-state index is -4.44. The van der Waals surface area contributed by atoms with Gasteiger partial charge in [-0.05, 0) is 26.8 Å². The predicted octanol–water partition coefficient (Wildman–Crippen LogP) is 3.48. The number of halogens is 3. The summed E-state index contributed by atoms with van der Waals surface area (Å²) >= 11 is 0. The summed E-state index contributed by atoms with van der Waals surface area (Å²) < 4.78 is 39.7. The van der Waals surface area contributed by atoms with Gasteiger partial charge in [0.15, 0.2) is 5.82 Å². The minimum Gasteiger partial charge on any atom is -0.356 e. The van der Waals surface area contributed by atoms with E-state index in [0.717, 1.165) is 19.5 Å². The van der Waals surface area contributed by atoms with E-state index in [1.54, 1.807) is 13.0 Å². The first-order chi connectivity index (χ1) is 11.2. The van der Waals surface area contributed by atoms with Crippen molar-refractivity contribution in [2.45, 2.75) is 32.5 Å². The van der Waals surface area contributed by atoms with Crippen molar-refractivity contribution in [3.8, 4) is 11.4 Å². The summed E-state index contributed by atoms with van der Waals surface area (Å²) in [5, 5.41) is 9.62. The summed E-state index contributed by atoms with van der Waals surface area (Å²) in [5.74, 6) is 0.377. The van der Waals surface area contributed by atoms with Gasteiger partial charge >= 0.3 is 6.18 Å². The Kier molecular flexibility index (Phi) is 3.66. The van der Waals surface area contributed by atoms with Crippen molar-refractivity contribution in [2.24, 2.45) is 0 Å². The number of aryl methyl sites for hydroxylation is 1. The molecule has 0 unspecified atom stereocenters. The van der Waals surface area contributed by atoms with Crippen LogP contribution in [0.1, 0.15) is 19.5 Å². The molecule has 3 rings (SSSR count). The van der Waals surface area contributed by atoms with Crippen LogP contribution in [0, 0.1) is 6.92 Å². The summed E-state index contributed by atoms with van der Waals surface area (Å²) in [5.41, 5.74) is -0.364. The first-order valence-corrected chi connectivity index (χ1v) is 7.16. The number of rotatable bonds is 3. The van der Waals surface area contributed by atoms with Gasteiger partial charge in [-0.1, -0.05) is 0 Å². The lowest BCUT2D eigenvalue weighted by molar-refractivity contribution is -0.168. The quantitative estimate of drug-likeness (QED) is 0.765. The zero-order chi connectivity index (χ0) is 17.5. The van der Waals surface area contributed by atoms with Crippen LogP contribution in [-0.2, 0) is 0 Å². The fraction of sp³-hybridized carbons (Fsp3) is 0.333. The molecular formula is C15H15F3N6. The first kappa shape index (κ1) is 16.2. The predicted molar refractivity (Wildman–Crippen MR) is 83.4 cm³/mol. The van der Waals surface area contributed by atoms with E-state index in [4.69, 9.17) is 0 Å². The van der Waals surface area contributed by atoms with Crippen molar-refractivity contribution in [2.75, 3.05) is 5.32 Å². The number of nitrogens with zero attached hydrogens (tertiary/aromatic N) is 4. The molecule has 2 N–H and O–H groups in total. The largest absolute Gasteiger partial charge is 0.410 e. The van der Waals surface area contributed by atoms with E-state index < -0.39 is 11.7 Å². The van der Waals surface area contributed by atoms with E-state index in [-0.39, 0.29) is 11.6 Å². The molecule has 0 spiro atoms. The van der Waals surface area contributed by atoms with Crippen LogP contribution in [-0.4, -0.2) is 36.9 Å². The van der Waals surface area contributed by atoms with E-state index in [1.807, 2.05) is 0 Å². The topological polar surface area (TPSA) is 79.4 Å². The summed E-state index contributed by atoms with van der Waals surface area (Å²) in [6.07, 6.45) is 0.0660. The molecular weight excluding hydrogens is 321 g/mol. The van der Waals surface area contributed by atoms with Gasteiger partial charge in [0.25, 0.3) is 0 Å². The lowest BCUT2D eigenvalue weighted by Crippen LogP contribution is -2.46. The normalized spacial score (nSPS) is 12.6. The van der Waals surface area contributed by atoms with Gasteiger partial charge in [0.05, 0.1) is 23.5 Å². The maximum atomic E-state index is 13.2. The Morgan fingerprint density at radius 3 is 2.50 bits per heavy atom. The standard InChI is InChI=1S/C15H15F3N6/c1-8-10(6-20-24-8)12-21-11-7-19-5-4-9(11)13(22-12)23-14(2,3)15(16,17)18/h4-7H,1-3H3,(H,20,24)(H,21,22,23). The van der Waals surface area contributed by atoms with Crippen molar-refractivity contribution in [3.63, 3.8) is 0 Å².